The van der Waals surface area contributed by atoms with Gasteiger partial charge in [-0.2, -0.15) is 0 Å². The van der Waals surface area contributed by atoms with E-state index < -0.39 is 0 Å². The van der Waals surface area contributed by atoms with Crippen LogP contribution >= 0.6 is 0 Å². The van der Waals surface area contributed by atoms with Gasteiger partial charge >= 0.3 is 6.09 Å². The topological polar surface area (TPSA) is 63.3 Å². The summed E-state index contributed by atoms with van der Waals surface area (Å²) in [6.45, 7) is 5.00. The molecule has 1 aromatic carbocycles. The SMILES string of the molecule is O=C1NC[C@]2(CCCN(C3CCN(c4ccc5c(c4)OCO5)CC3)C2)O1. The molecule has 4 aliphatic rings. The van der Waals surface area contributed by atoms with Crippen LogP contribution in [0.5, 0.6) is 11.5 Å². The van der Waals surface area contributed by atoms with Gasteiger partial charge in [-0.1, -0.05) is 0 Å². The largest absolute Gasteiger partial charge is 0.454 e. The van der Waals surface area contributed by atoms with Crippen LogP contribution in [0.15, 0.2) is 18.2 Å². The van der Waals surface area contributed by atoms with E-state index in [1.165, 1.54) is 5.69 Å². The zero-order valence-corrected chi connectivity index (χ0v) is 14.9. The lowest BCUT2D eigenvalue weighted by Crippen LogP contribution is -2.55. The molecule has 7 nitrogen and oxygen atoms in total. The van der Waals surface area contributed by atoms with Crippen molar-refractivity contribution in [2.24, 2.45) is 0 Å². The van der Waals surface area contributed by atoms with Crippen molar-refractivity contribution in [3.8, 4) is 11.5 Å². The molecule has 3 fully saturated rings. The number of anilines is 1. The zero-order chi connectivity index (χ0) is 17.6. The minimum absolute atomic E-state index is 0.260. The zero-order valence-electron chi connectivity index (χ0n) is 14.9. The van der Waals surface area contributed by atoms with Crippen LogP contribution in [-0.2, 0) is 4.74 Å². The first kappa shape index (κ1) is 16.1. The highest BCUT2D eigenvalue weighted by Crippen LogP contribution is 2.37. The van der Waals surface area contributed by atoms with Crippen LogP contribution < -0.4 is 19.7 Å². The monoisotopic (exact) mass is 359 g/mol. The molecule has 0 saturated carbocycles. The van der Waals surface area contributed by atoms with Crippen molar-refractivity contribution in [2.75, 3.05) is 44.4 Å². The molecule has 7 heteroatoms. The molecule has 4 aliphatic heterocycles. The summed E-state index contributed by atoms with van der Waals surface area (Å²) < 4.78 is 16.5. The highest BCUT2D eigenvalue weighted by molar-refractivity contribution is 5.70. The predicted octanol–water partition coefficient (Wildman–Crippen LogP) is 1.96. The van der Waals surface area contributed by atoms with Gasteiger partial charge in [-0.25, -0.2) is 4.79 Å². The molecule has 1 atom stereocenters. The number of nitrogens with one attached hydrogen (secondary N) is 1. The second kappa shape index (κ2) is 6.23. The summed E-state index contributed by atoms with van der Waals surface area (Å²) in [5, 5.41) is 2.83. The van der Waals surface area contributed by atoms with Crippen molar-refractivity contribution in [3.63, 3.8) is 0 Å². The highest BCUT2D eigenvalue weighted by atomic mass is 16.7. The van der Waals surface area contributed by atoms with Crippen molar-refractivity contribution in [2.45, 2.75) is 37.3 Å². The number of likely N-dealkylation sites (tertiary alicyclic amines) is 1. The number of hydrogen-bond donors (Lipinski definition) is 1. The maximum Gasteiger partial charge on any atom is 0.407 e. The summed E-state index contributed by atoms with van der Waals surface area (Å²) >= 11 is 0. The summed E-state index contributed by atoms with van der Waals surface area (Å²) in [5.41, 5.74) is 0.904. The number of carbonyl (C=O) groups is 1. The fourth-order valence-electron chi connectivity index (χ4n) is 4.75. The molecular formula is C19H25N3O4. The van der Waals surface area contributed by atoms with Crippen LogP contribution in [0.2, 0.25) is 0 Å². The Morgan fingerprint density at radius 1 is 1.12 bits per heavy atom. The Balaban J connectivity index is 1.21. The maximum absolute atomic E-state index is 11.5. The molecule has 0 unspecified atom stereocenters. The van der Waals surface area contributed by atoms with Crippen LogP contribution in [0.1, 0.15) is 25.7 Å². The number of amides is 1. The quantitative estimate of drug-likeness (QED) is 0.871. The van der Waals surface area contributed by atoms with Crippen molar-refractivity contribution in [3.05, 3.63) is 18.2 Å². The van der Waals surface area contributed by atoms with E-state index in [-0.39, 0.29) is 11.7 Å². The summed E-state index contributed by atoms with van der Waals surface area (Å²) in [6.07, 6.45) is 4.07. The number of ether oxygens (including phenoxy) is 3. The minimum atomic E-state index is -0.302. The average molecular weight is 359 g/mol. The summed E-state index contributed by atoms with van der Waals surface area (Å²) in [5.74, 6) is 1.68. The van der Waals surface area contributed by atoms with Gasteiger partial charge in [0.2, 0.25) is 6.79 Å². The van der Waals surface area contributed by atoms with E-state index in [2.05, 4.69) is 27.2 Å². The van der Waals surface area contributed by atoms with Gasteiger partial charge in [0.25, 0.3) is 0 Å². The third-order valence-corrected chi connectivity index (χ3v) is 6.14. The molecule has 26 heavy (non-hydrogen) atoms. The summed E-state index contributed by atoms with van der Waals surface area (Å²) in [6, 6.07) is 6.77. The first-order valence-corrected chi connectivity index (χ1v) is 9.56. The second-order valence-corrected chi connectivity index (χ2v) is 7.76. The Bertz CT molecular complexity index is 704. The van der Waals surface area contributed by atoms with E-state index >= 15 is 0 Å². The molecule has 1 N–H and O–H groups in total. The molecular weight excluding hydrogens is 334 g/mol. The maximum atomic E-state index is 11.5. The molecule has 0 aromatic heterocycles. The smallest absolute Gasteiger partial charge is 0.407 e. The first-order valence-electron chi connectivity index (χ1n) is 9.56. The van der Waals surface area contributed by atoms with Crippen LogP contribution in [0.4, 0.5) is 10.5 Å². The third-order valence-electron chi connectivity index (χ3n) is 6.14. The lowest BCUT2D eigenvalue weighted by atomic mass is 9.90. The second-order valence-electron chi connectivity index (χ2n) is 7.76. The van der Waals surface area contributed by atoms with Crippen LogP contribution in [0.3, 0.4) is 0 Å². The van der Waals surface area contributed by atoms with Crippen molar-refractivity contribution in [1.29, 1.82) is 0 Å². The predicted molar refractivity (Wildman–Crippen MR) is 95.8 cm³/mol. The molecule has 0 aliphatic carbocycles. The molecule has 1 amide bonds. The number of piperidine rings is 2. The molecule has 4 heterocycles. The van der Waals surface area contributed by atoms with E-state index in [0.29, 0.717) is 19.4 Å². The van der Waals surface area contributed by atoms with Gasteiger partial charge in [0, 0.05) is 37.4 Å². The molecule has 140 valence electrons. The highest BCUT2D eigenvalue weighted by Gasteiger charge is 2.45. The van der Waals surface area contributed by atoms with Crippen molar-refractivity contribution in [1.82, 2.24) is 10.2 Å². The number of rotatable bonds is 2. The Morgan fingerprint density at radius 3 is 2.77 bits per heavy atom. The van der Waals surface area contributed by atoms with Crippen LogP contribution in [-0.4, -0.2) is 62.2 Å². The summed E-state index contributed by atoms with van der Waals surface area (Å²) in [7, 11) is 0. The molecule has 1 spiro atoms. The molecule has 0 bridgehead atoms. The van der Waals surface area contributed by atoms with Crippen LogP contribution in [0, 0.1) is 0 Å². The van der Waals surface area contributed by atoms with Gasteiger partial charge in [0.05, 0.1) is 6.54 Å². The van der Waals surface area contributed by atoms with Gasteiger partial charge in [-0.05, 0) is 44.4 Å². The Labute approximate surface area is 153 Å². The normalized spacial score (nSPS) is 29.1. The van der Waals surface area contributed by atoms with Gasteiger partial charge in [-0.15, -0.1) is 0 Å². The van der Waals surface area contributed by atoms with Crippen molar-refractivity contribution < 1.29 is 19.0 Å². The molecule has 1 aromatic rings. The van der Waals surface area contributed by atoms with E-state index in [0.717, 1.165) is 63.4 Å². The fraction of sp³-hybridized carbons (Fsp3) is 0.632. The van der Waals surface area contributed by atoms with Crippen molar-refractivity contribution >= 4 is 11.8 Å². The molecule has 0 radical (unpaired) electrons. The van der Waals surface area contributed by atoms with Crippen LogP contribution in [0.25, 0.3) is 0 Å². The molecule has 3 saturated heterocycles. The molecule has 5 rings (SSSR count). The van der Waals surface area contributed by atoms with E-state index in [1.54, 1.807) is 0 Å². The third kappa shape index (κ3) is 2.84. The lowest BCUT2D eigenvalue weighted by molar-refractivity contribution is -0.0258. The summed E-state index contributed by atoms with van der Waals surface area (Å²) in [4.78, 5) is 16.5. The Kier molecular flexibility index (Phi) is 3.85. The Morgan fingerprint density at radius 2 is 1.96 bits per heavy atom. The standard InChI is InChI=1S/C19H25N3O4/c23-18-20-11-19(26-18)6-1-7-22(12-19)14-4-8-21(9-5-14)15-2-3-16-17(10-15)25-13-24-16/h2-3,10,14H,1,4-9,11-13H2,(H,20,23)/t19-/m0/s1. The lowest BCUT2D eigenvalue weighted by Gasteiger charge is -2.45. The average Bonchev–Trinajstić information content (AvgIpc) is 3.28. The van der Waals surface area contributed by atoms with E-state index in [1.807, 2.05) is 6.07 Å². The number of nitrogens with zero attached hydrogens (tertiary/aromatic N) is 2. The van der Waals surface area contributed by atoms with Gasteiger partial charge in [0.1, 0.15) is 5.60 Å². The fourth-order valence-corrected chi connectivity index (χ4v) is 4.75. The number of alkyl carbamates (subject to hydrolysis) is 1. The Hall–Kier alpha value is -2.15. The minimum Gasteiger partial charge on any atom is -0.454 e. The number of fused-ring (bicyclic) bond motifs is 1. The van der Waals surface area contributed by atoms with E-state index in [4.69, 9.17) is 14.2 Å². The number of hydrogen-bond acceptors (Lipinski definition) is 6. The van der Waals surface area contributed by atoms with Gasteiger partial charge in [0.15, 0.2) is 11.5 Å². The van der Waals surface area contributed by atoms with Gasteiger partial charge in [-0.3, -0.25) is 4.90 Å². The first-order chi connectivity index (χ1) is 12.7. The van der Waals surface area contributed by atoms with Gasteiger partial charge < -0.3 is 24.4 Å². The van der Waals surface area contributed by atoms with E-state index in [9.17, 15) is 4.79 Å². The number of carbonyl (C=O) groups excluding carboxylic acids is 1. The number of benzene rings is 1.